The molecule has 0 aromatic carbocycles. The van der Waals surface area contributed by atoms with E-state index >= 15 is 0 Å². The van der Waals surface area contributed by atoms with E-state index in [4.69, 9.17) is 0 Å². The number of rotatable bonds is 4. The minimum absolute atomic E-state index is 0.0958. The highest BCUT2D eigenvalue weighted by Crippen LogP contribution is 2.08. The number of hydrogen-bond donors (Lipinski definition) is 1. The predicted octanol–water partition coefficient (Wildman–Crippen LogP) is 1.57. The number of nitrogens with zero attached hydrogens (tertiary/aromatic N) is 2. The van der Waals surface area contributed by atoms with Crippen LogP contribution in [0.25, 0.3) is 0 Å². The van der Waals surface area contributed by atoms with Gasteiger partial charge in [0, 0.05) is 11.4 Å². The van der Waals surface area contributed by atoms with Crippen LogP contribution < -0.4 is 5.32 Å². The highest BCUT2D eigenvalue weighted by molar-refractivity contribution is 7.09. The molecule has 0 spiro atoms. The van der Waals surface area contributed by atoms with E-state index in [0.717, 1.165) is 18.0 Å². The Hall–Kier alpha value is -1.27. The van der Waals surface area contributed by atoms with E-state index in [2.05, 4.69) is 21.0 Å². The molecule has 0 saturated heterocycles. The van der Waals surface area contributed by atoms with Crippen LogP contribution in [0.1, 0.15) is 14.5 Å². The molecule has 0 aliphatic rings. The third-order valence-corrected chi connectivity index (χ3v) is 3.42. The Kier molecular flexibility index (Phi) is 3.41. The molecule has 4 nitrogen and oxygen atoms in total. The standard InChI is InChI=1S/C9H9N3OS2/c13-9(8-6-11-12-15-8)10-4-3-7-2-1-5-14-7/h1-2,5-6H,3-4H2,(H,10,13). The van der Waals surface area contributed by atoms with E-state index in [0.29, 0.717) is 11.4 Å². The molecule has 1 amide bonds. The van der Waals surface area contributed by atoms with Crippen LogP contribution in [0.3, 0.4) is 0 Å². The lowest BCUT2D eigenvalue weighted by molar-refractivity contribution is 0.0958. The van der Waals surface area contributed by atoms with Gasteiger partial charge >= 0.3 is 0 Å². The van der Waals surface area contributed by atoms with E-state index in [1.54, 1.807) is 11.3 Å². The van der Waals surface area contributed by atoms with Gasteiger partial charge in [0.1, 0.15) is 4.88 Å². The second kappa shape index (κ2) is 4.99. The Morgan fingerprint density at radius 3 is 3.13 bits per heavy atom. The van der Waals surface area contributed by atoms with Crippen molar-refractivity contribution >= 4 is 28.8 Å². The van der Waals surface area contributed by atoms with Gasteiger partial charge in [-0.2, -0.15) is 0 Å². The van der Waals surface area contributed by atoms with Crippen LogP contribution in [0.15, 0.2) is 23.7 Å². The number of thiophene rings is 1. The molecule has 78 valence electrons. The van der Waals surface area contributed by atoms with Gasteiger partial charge in [-0.15, -0.1) is 16.4 Å². The molecule has 2 aromatic rings. The Morgan fingerprint density at radius 1 is 1.53 bits per heavy atom. The average Bonchev–Trinajstić information content (AvgIpc) is 2.90. The topological polar surface area (TPSA) is 54.9 Å². The van der Waals surface area contributed by atoms with Crippen molar-refractivity contribution in [1.29, 1.82) is 0 Å². The summed E-state index contributed by atoms with van der Waals surface area (Å²) >= 11 is 2.81. The molecule has 0 aliphatic heterocycles. The van der Waals surface area contributed by atoms with Crippen LogP contribution in [0.4, 0.5) is 0 Å². The summed E-state index contributed by atoms with van der Waals surface area (Å²) in [6.07, 6.45) is 2.35. The van der Waals surface area contributed by atoms with Crippen molar-refractivity contribution in [2.75, 3.05) is 6.54 Å². The Morgan fingerprint density at radius 2 is 2.47 bits per heavy atom. The van der Waals surface area contributed by atoms with Crippen LogP contribution in [-0.2, 0) is 6.42 Å². The van der Waals surface area contributed by atoms with Crippen LogP contribution in [0.5, 0.6) is 0 Å². The van der Waals surface area contributed by atoms with Crippen molar-refractivity contribution in [2.45, 2.75) is 6.42 Å². The number of hydrogen-bond acceptors (Lipinski definition) is 5. The van der Waals surface area contributed by atoms with Gasteiger partial charge in [-0.3, -0.25) is 4.79 Å². The summed E-state index contributed by atoms with van der Waals surface area (Å²) in [6.45, 7) is 0.650. The van der Waals surface area contributed by atoms with Crippen LogP contribution in [-0.4, -0.2) is 22.0 Å². The van der Waals surface area contributed by atoms with E-state index in [-0.39, 0.29) is 5.91 Å². The molecule has 2 heterocycles. The molecule has 0 unspecified atom stereocenters. The monoisotopic (exact) mass is 239 g/mol. The van der Waals surface area contributed by atoms with E-state index in [1.165, 1.54) is 11.1 Å². The van der Waals surface area contributed by atoms with E-state index in [9.17, 15) is 4.79 Å². The van der Waals surface area contributed by atoms with Gasteiger partial charge in [-0.25, -0.2) is 0 Å². The molecular weight excluding hydrogens is 230 g/mol. The van der Waals surface area contributed by atoms with Crippen LogP contribution >= 0.6 is 22.9 Å². The second-order valence-electron chi connectivity index (χ2n) is 2.87. The van der Waals surface area contributed by atoms with Gasteiger partial charge < -0.3 is 5.32 Å². The van der Waals surface area contributed by atoms with Crippen molar-refractivity contribution in [3.8, 4) is 0 Å². The zero-order valence-electron chi connectivity index (χ0n) is 7.84. The first kappa shape index (κ1) is 10.3. The minimum atomic E-state index is -0.0958. The normalized spacial score (nSPS) is 10.1. The van der Waals surface area contributed by atoms with Crippen molar-refractivity contribution in [1.82, 2.24) is 14.9 Å². The number of amides is 1. The van der Waals surface area contributed by atoms with E-state index in [1.807, 2.05) is 11.4 Å². The Labute approximate surface area is 95.1 Å². The molecule has 2 aromatic heterocycles. The molecule has 2 rings (SSSR count). The number of carbonyl (C=O) groups is 1. The fourth-order valence-electron chi connectivity index (χ4n) is 1.11. The van der Waals surface area contributed by atoms with Crippen molar-refractivity contribution in [3.63, 3.8) is 0 Å². The van der Waals surface area contributed by atoms with Gasteiger partial charge in [-0.1, -0.05) is 10.6 Å². The second-order valence-corrected chi connectivity index (χ2v) is 4.68. The minimum Gasteiger partial charge on any atom is -0.351 e. The number of nitrogens with one attached hydrogen (secondary N) is 1. The van der Waals surface area contributed by atoms with Gasteiger partial charge in [0.25, 0.3) is 5.91 Å². The van der Waals surface area contributed by atoms with Gasteiger partial charge in [0.05, 0.1) is 6.20 Å². The highest BCUT2D eigenvalue weighted by atomic mass is 32.1. The lowest BCUT2D eigenvalue weighted by Gasteiger charge is -2.00. The third-order valence-electron chi connectivity index (χ3n) is 1.82. The van der Waals surface area contributed by atoms with Crippen molar-refractivity contribution in [3.05, 3.63) is 33.5 Å². The zero-order chi connectivity index (χ0) is 10.5. The largest absolute Gasteiger partial charge is 0.351 e. The molecule has 0 saturated carbocycles. The maximum atomic E-state index is 11.5. The number of carbonyl (C=O) groups excluding carboxylic acids is 1. The Bertz CT molecular complexity index is 411. The zero-order valence-corrected chi connectivity index (χ0v) is 9.48. The predicted molar refractivity (Wildman–Crippen MR) is 60.3 cm³/mol. The van der Waals surface area contributed by atoms with Gasteiger partial charge in [0.2, 0.25) is 0 Å². The quantitative estimate of drug-likeness (QED) is 0.881. The van der Waals surface area contributed by atoms with Crippen molar-refractivity contribution < 1.29 is 4.79 Å². The summed E-state index contributed by atoms with van der Waals surface area (Å²) < 4.78 is 3.63. The maximum absolute atomic E-state index is 11.5. The van der Waals surface area contributed by atoms with Crippen LogP contribution in [0.2, 0.25) is 0 Å². The molecule has 0 aliphatic carbocycles. The molecular formula is C9H9N3OS2. The highest BCUT2D eigenvalue weighted by Gasteiger charge is 2.06. The van der Waals surface area contributed by atoms with E-state index < -0.39 is 0 Å². The first-order valence-electron chi connectivity index (χ1n) is 4.44. The summed E-state index contributed by atoms with van der Waals surface area (Å²) in [4.78, 5) is 13.3. The molecule has 6 heteroatoms. The van der Waals surface area contributed by atoms with Crippen LogP contribution in [0, 0.1) is 0 Å². The summed E-state index contributed by atoms with van der Waals surface area (Å²) in [5.41, 5.74) is 0. The molecule has 0 bridgehead atoms. The summed E-state index contributed by atoms with van der Waals surface area (Å²) in [7, 11) is 0. The lowest BCUT2D eigenvalue weighted by atomic mass is 10.3. The molecule has 0 atom stereocenters. The lowest BCUT2D eigenvalue weighted by Crippen LogP contribution is -2.24. The molecule has 15 heavy (non-hydrogen) atoms. The number of aromatic nitrogens is 2. The summed E-state index contributed by atoms with van der Waals surface area (Å²) in [5.74, 6) is -0.0958. The first-order valence-corrected chi connectivity index (χ1v) is 6.09. The van der Waals surface area contributed by atoms with Crippen molar-refractivity contribution in [2.24, 2.45) is 0 Å². The molecule has 0 radical (unpaired) electrons. The summed E-state index contributed by atoms with van der Waals surface area (Å²) in [6, 6.07) is 4.07. The smallest absolute Gasteiger partial charge is 0.264 e. The fourth-order valence-corrected chi connectivity index (χ4v) is 2.25. The fraction of sp³-hybridized carbons (Fsp3) is 0.222. The molecule has 1 N–H and O–H groups in total. The van der Waals surface area contributed by atoms with Gasteiger partial charge in [-0.05, 0) is 29.4 Å². The molecule has 0 fully saturated rings. The Balaban J connectivity index is 1.77. The maximum Gasteiger partial charge on any atom is 0.264 e. The first-order chi connectivity index (χ1) is 7.36. The van der Waals surface area contributed by atoms with Gasteiger partial charge in [0.15, 0.2) is 0 Å². The SMILES string of the molecule is O=C(NCCc1cccs1)c1cnns1. The average molecular weight is 239 g/mol. The summed E-state index contributed by atoms with van der Waals surface area (Å²) in [5, 5.41) is 8.46. The third kappa shape index (κ3) is 2.84.